The molecule has 0 bridgehead atoms. The van der Waals surface area contributed by atoms with Crippen LogP contribution < -0.4 is 20.1 Å². The third kappa shape index (κ3) is 9.05. The van der Waals surface area contributed by atoms with Gasteiger partial charge in [-0.1, -0.05) is 60.7 Å². The van der Waals surface area contributed by atoms with Gasteiger partial charge in [0.15, 0.2) is 0 Å². The maximum atomic E-state index is 13.4. The molecule has 10 rings (SSSR count). The maximum Gasteiger partial charge on any atom is 0.255 e. The third-order valence-electron chi connectivity index (χ3n) is 13.5. The van der Waals surface area contributed by atoms with Crippen molar-refractivity contribution in [3.63, 3.8) is 0 Å². The fraction of sp³-hybridized carbons (Fsp3) is 0.400. The highest BCUT2D eigenvalue weighted by Crippen LogP contribution is 2.36. The average Bonchev–Trinajstić information content (AvgIpc) is 3.84. The highest BCUT2D eigenvalue weighted by atomic mass is 16.5. The Balaban J connectivity index is 0.725. The summed E-state index contributed by atoms with van der Waals surface area (Å²) in [4.78, 5) is 83.2. The van der Waals surface area contributed by atoms with Crippen LogP contribution in [0.1, 0.15) is 79.8 Å². The van der Waals surface area contributed by atoms with Crippen LogP contribution in [-0.2, 0) is 68.0 Å². The van der Waals surface area contributed by atoms with Crippen LogP contribution in [0, 0.1) is 0 Å². The molecule has 4 unspecified atom stereocenters. The van der Waals surface area contributed by atoms with E-state index in [2.05, 4.69) is 44.7 Å². The van der Waals surface area contributed by atoms with Gasteiger partial charge in [-0.2, -0.15) is 0 Å². The van der Waals surface area contributed by atoms with Crippen molar-refractivity contribution in [2.75, 3.05) is 39.4 Å². The van der Waals surface area contributed by atoms with Gasteiger partial charge in [-0.05, 0) is 59.4 Å². The maximum absolute atomic E-state index is 13.4. The van der Waals surface area contributed by atoms with Crippen molar-refractivity contribution in [2.45, 2.75) is 89.4 Å². The first kappa shape index (κ1) is 43.4. The molecule has 0 spiro atoms. The minimum absolute atomic E-state index is 0.100. The number of amides is 6. The van der Waals surface area contributed by atoms with Gasteiger partial charge in [-0.15, -0.1) is 0 Å². The standard InChI is InChI=1S/C50H52N6O10/c57-45-16-14-39(47(59)51-45)55-25-37-35(49(55)61)10-4-12-41(37)65-29-32-7-3-6-31(22-32)23-53-18-20-63-43(27-53)44-28-54(19-21-64-44)24-33-8-1-2-9-34(33)30-66-42-13-5-11-36-38(42)26-56(50(36)62)40-15-17-46(58)52-48(40)60/h1-13,22,39-40,43-44H,14-21,23-30H2,(H,51,57,59)(H,52,58,60). The molecule has 4 fully saturated rings. The van der Waals surface area contributed by atoms with E-state index < -0.39 is 23.9 Å². The molecule has 4 aromatic carbocycles. The van der Waals surface area contributed by atoms with E-state index in [9.17, 15) is 28.8 Å². The lowest BCUT2D eigenvalue weighted by Crippen LogP contribution is -2.54. The summed E-state index contributed by atoms with van der Waals surface area (Å²) in [6.07, 6.45) is 0.800. The monoisotopic (exact) mass is 896 g/mol. The van der Waals surface area contributed by atoms with Crippen LogP contribution in [0.15, 0.2) is 84.9 Å². The molecule has 4 aromatic rings. The second-order valence-electron chi connectivity index (χ2n) is 17.8. The van der Waals surface area contributed by atoms with Crippen molar-refractivity contribution in [2.24, 2.45) is 0 Å². The largest absolute Gasteiger partial charge is 0.489 e. The number of rotatable bonds is 13. The first-order valence-electron chi connectivity index (χ1n) is 22.8. The Morgan fingerprint density at radius 3 is 1.65 bits per heavy atom. The second kappa shape index (κ2) is 18.8. The molecule has 6 aliphatic rings. The third-order valence-corrected chi connectivity index (χ3v) is 13.5. The van der Waals surface area contributed by atoms with Gasteiger partial charge in [0, 0.05) is 74.4 Å². The molecule has 0 aliphatic carbocycles. The van der Waals surface area contributed by atoms with Crippen molar-refractivity contribution in [1.82, 2.24) is 30.2 Å². The number of ether oxygens (including phenoxy) is 4. The Labute approximate surface area is 382 Å². The number of fused-ring (bicyclic) bond motifs is 2. The number of nitrogens with one attached hydrogen (secondary N) is 2. The van der Waals surface area contributed by atoms with Crippen LogP contribution >= 0.6 is 0 Å². The zero-order valence-corrected chi connectivity index (χ0v) is 36.6. The molecule has 0 aromatic heterocycles. The van der Waals surface area contributed by atoms with Crippen molar-refractivity contribution in [1.29, 1.82) is 0 Å². The Morgan fingerprint density at radius 1 is 0.561 bits per heavy atom. The molecule has 6 heterocycles. The Morgan fingerprint density at radius 2 is 1.08 bits per heavy atom. The fourth-order valence-corrected chi connectivity index (χ4v) is 10.1. The minimum atomic E-state index is -0.692. The number of morpholine rings is 2. The number of benzene rings is 4. The van der Waals surface area contributed by atoms with Gasteiger partial charge < -0.3 is 28.7 Å². The van der Waals surface area contributed by atoms with Gasteiger partial charge in [0.1, 0.15) is 36.8 Å². The first-order valence-corrected chi connectivity index (χ1v) is 22.8. The van der Waals surface area contributed by atoms with Crippen molar-refractivity contribution >= 4 is 35.4 Å². The summed E-state index contributed by atoms with van der Waals surface area (Å²) in [5.74, 6) is -0.769. The van der Waals surface area contributed by atoms with Crippen LogP contribution in [0.3, 0.4) is 0 Å². The van der Waals surface area contributed by atoms with Gasteiger partial charge in [-0.25, -0.2) is 0 Å². The number of carbonyl (C=O) groups excluding carboxylic acids is 6. The highest BCUT2D eigenvalue weighted by molar-refractivity contribution is 6.06. The molecule has 16 heteroatoms. The normalized spacial score (nSPS) is 23.7. The van der Waals surface area contributed by atoms with Crippen molar-refractivity contribution in [3.8, 4) is 11.5 Å². The van der Waals surface area contributed by atoms with Crippen LogP contribution in [0.2, 0.25) is 0 Å². The van der Waals surface area contributed by atoms with Gasteiger partial charge in [0.25, 0.3) is 11.8 Å². The molecule has 0 radical (unpaired) electrons. The zero-order chi connectivity index (χ0) is 45.3. The van der Waals surface area contributed by atoms with E-state index in [1.165, 1.54) is 9.80 Å². The molecule has 2 N–H and O–H groups in total. The van der Waals surface area contributed by atoms with Gasteiger partial charge in [0.2, 0.25) is 23.6 Å². The van der Waals surface area contributed by atoms with Crippen LogP contribution in [-0.4, -0.2) is 119 Å². The lowest BCUT2D eigenvalue weighted by molar-refractivity contribution is -0.140. The average molecular weight is 897 g/mol. The fourth-order valence-electron chi connectivity index (χ4n) is 10.1. The van der Waals surface area contributed by atoms with E-state index >= 15 is 0 Å². The SMILES string of the molecule is O=C1CCC(N2Cc3c(OCc4cccc(CN5CCOC(C6CN(Cc7ccccc7COc7cccc8c7CN(C7CCC(=O)NC7=O)C8=O)CCO6)C5)c4)cccc3C2=O)C(=O)N1. The van der Waals surface area contributed by atoms with Gasteiger partial charge >= 0.3 is 0 Å². The summed E-state index contributed by atoms with van der Waals surface area (Å²) in [5.41, 5.74) is 6.86. The molecule has 4 atom stereocenters. The van der Waals surface area contributed by atoms with Crippen molar-refractivity contribution < 1.29 is 47.7 Å². The van der Waals surface area contributed by atoms with E-state index in [4.69, 9.17) is 18.9 Å². The molecule has 6 amide bonds. The first-order chi connectivity index (χ1) is 32.1. The van der Waals surface area contributed by atoms with E-state index in [0.717, 1.165) is 59.6 Å². The Bertz CT molecular complexity index is 2580. The molecule has 4 saturated heterocycles. The van der Waals surface area contributed by atoms with Crippen LogP contribution in [0.4, 0.5) is 0 Å². The minimum Gasteiger partial charge on any atom is -0.489 e. The van der Waals surface area contributed by atoms with E-state index in [1.54, 1.807) is 24.3 Å². The highest BCUT2D eigenvalue weighted by Gasteiger charge is 2.42. The molecule has 342 valence electrons. The summed E-state index contributed by atoms with van der Waals surface area (Å²) in [5, 5.41) is 4.72. The van der Waals surface area contributed by atoms with Crippen LogP contribution in [0.5, 0.6) is 11.5 Å². The lowest BCUT2D eigenvalue weighted by atomic mass is 10.0. The molecular weight excluding hydrogens is 845 g/mol. The molecule has 16 nitrogen and oxygen atoms in total. The summed E-state index contributed by atoms with van der Waals surface area (Å²) >= 11 is 0. The topological polar surface area (TPSA) is 176 Å². The summed E-state index contributed by atoms with van der Waals surface area (Å²) in [7, 11) is 0. The van der Waals surface area contributed by atoms with Gasteiger partial charge in [0.05, 0.1) is 38.5 Å². The predicted molar refractivity (Wildman–Crippen MR) is 237 cm³/mol. The molecule has 0 saturated carbocycles. The summed E-state index contributed by atoms with van der Waals surface area (Å²) in [6.45, 7) is 6.75. The summed E-state index contributed by atoms with van der Waals surface area (Å²) < 4.78 is 25.4. The second-order valence-corrected chi connectivity index (χ2v) is 17.8. The molecule has 66 heavy (non-hydrogen) atoms. The smallest absolute Gasteiger partial charge is 0.255 e. The van der Waals surface area contributed by atoms with Crippen LogP contribution in [0.25, 0.3) is 0 Å². The predicted octanol–water partition coefficient (Wildman–Crippen LogP) is 3.47. The van der Waals surface area contributed by atoms with Gasteiger partial charge in [-0.3, -0.25) is 49.2 Å². The lowest BCUT2D eigenvalue weighted by Gasteiger charge is -2.41. The number of nitrogens with zero attached hydrogens (tertiary/aromatic N) is 4. The number of hydrogen-bond acceptors (Lipinski definition) is 12. The van der Waals surface area contributed by atoms with Crippen molar-refractivity contribution in [3.05, 3.63) is 129 Å². The number of hydrogen-bond donors (Lipinski definition) is 2. The number of carbonyl (C=O) groups is 6. The van der Waals surface area contributed by atoms with E-state index in [0.29, 0.717) is 75.0 Å². The van der Waals surface area contributed by atoms with E-state index in [1.807, 2.05) is 36.4 Å². The number of piperidine rings is 2. The molecular formula is C50H52N6O10. The zero-order valence-electron chi connectivity index (χ0n) is 36.6. The Hall–Kier alpha value is -6.46. The quantitative estimate of drug-likeness (QED) is 0.187. The van der Waals surface area contributed by atoms with E-state index in [-0.39, 0.29) is 61.8 Å². The Kier molecular flexibility index (Phi) is 12.4. The number of imide groups is 2. The summed E-state index contributed by atoms with van der Waals surface area (Å²) in [6, 6.07) is 26.0. The molecule has 6 aliphatic heterocycles.